The van der Waals surface area contributed by atoms with Gasteiger partial charge in [-0.2, -0.15) is 0 Å². The van der Waals surface area contributed by atoms with E-state index in [1.807, 2.05) is 0 Å². The topological polar surface area (TPSA) is 58.9 Å². The van der Waals surface area contributed by atoms with Gasteiger partial charge in [0.1, 0.15) is 0 Å². The van der Waals surface area contributed by atoms with Crippen LogP contribution in [0.3, 0.4) is 0 Å². The largest absolute Gasteiger partial charge is 0.396 e. The zero-order valence-electron chi connectivity index (χ0n) is 13.5. The maximum absolute atomic E-state index is 9.56. The van der Waals surface area contributed by atoms with E-state index in [0.717, 1.165) is 19.3 Å². The molecule has 4 nitrogen and oxygen atoms in total. The fourth-order valence-electron chi connectivity index (χ4n) is 2.60. The Kier molecular flexibility index (Phi) is 13.7. The molecule has 0 radical (unpaired) electrons. The number of hydrogen-bond donors (Lipinski definition) is 2. The number of unbranched alkanes of at least 4 members (excludes halogenated alkanes) is 1. The molecule has 0 saturated carbocycles. The Balaban J connectivity index is 4.37. The Bertz CT molecular complexity index is 195. The highest BCUT2D eigenvalue weighted by Crippen LogP contribution is 2.27. The van der Waals surface area contributed by atoms with Gasteiger partial charge < -0.3 is 19.7 Å². The predicted octanol–water partition coefficient (Wildman–Crippen LogP) is 2.62. The molecule has 3 unspecified atom stereocenters. The molecule has 0 aliphatic carbocycles. The van der Waals surface area contributed by atoms with Crippen LogP contribution in [0.25, 0.3) is 0 Å². The first-order chi connectivity index (χ1) is 9.74. The normalized spacial score (nSPS) is 16.1. The highest BCUT2D eigenvalue weighted by atomic mass is 16.5. The fraction of sp³-hybridized carbons (Fsp3) is 1.00. The molecule has 0 spiro atoms. The van der Waals surface area contributed by atoms with Crippen LogP contribution in [0.1, 0.15) is 52.9 Å². The van der Waals surface area contributed by atoms with Crippen molar-refractivity contribution in [2.75, 3.05) is 33.0 Å². The summed E-state index contributed by atoms with van der Waals surface area (Å²) in [6, 6.07) is 0. The van der Waals surface area contributed by atoms with Crippen LogP contribution in [0.5, 0.6) is 0 Å². The lowest BCUT2D eigenvalue weighted by Crippen LogP contribution is -2.35. The van der Waals surface area contributed by atoms with Crippen LogP contribution < -0.4 is 0 Å². The van der Waals surface area contributed by atoms with Crippen LogP contribution >= 0.6 is 0 Å². The number of rotatable bonds is 14. The first kappa shape index (κ1) is 19.8. The quantitative estimate of drug-likeness (QED) is 0.483. The van der Waals surface area contributed by atoms with Crippen LogP contribution in [0, 0.1) is 11.8 Å². The molecule has 122 valence electrons. The van der Waals surface area contributed by atoms with Crippen molar-refractivity contribution < 1.29 is 19.7 Å². The van der Waals surface area contributed by atoms with E-state index in [4.69, 9.17) is 14.6 Å². The number of aliphatic hydroxyl groups excluding tert-OH is 2. The van der Waals surface area contributed by atoms with Crippen LogP contribution in [-0.4, -0.2) is 49.4 Å². The number of aliphatic hydroxyl groups is 2. The van der Waals surface area contributed by atoms with E-state index in [2.05, 4.69) is 20.8 Å². The summed E-state index contributed by atoms with van der Waals surface area (Å²) >= 11 is 0. The summed E-state index contributed by atoms with van der Waals surface area (Å²) < 4.78 is 11.3. The lowest BCUT2D eigenvalue weighted by molar-refractivity contribution is -0.0671. The second-order valence-corrected chi connectivity index (χ2v) is 5.33. The fourth-order valence-corrected chi connectivity index (χ4v) is 2.60. The van der Waals surface area contributed by atoms with Gasteiger partial charge in [-0.15, -0.1) is 0 Å². The van der Waals surface area contributed by atoms with Gasteiger partial charge >= 0.3 is 0 Å². The van der Waals surface area contributed by atoms with Gasteiger partial charge in [-0.25, -0.2) is 0 Å². The Morgan fingerprint density at radius 1 is 0.900 bits per heavy atom. The lowest BCUT2D eigenvalue weighted by atomic mass is 9.84. The molecule has 0 aromatic carbocycles. The molecule has 3 atom stereocenters. The molecule has 0 aliphatic rings. The van der Waals surface area contributed by atoms with Crippen LogP contribution in [-0.2, 0) is 9.47 Å². The minimum absolute atomic E-state index is 0.0474. The van der Waals surface area contributed by atoms with Crippen LogP contribution in [0.15, 0.2) is 0 Å². The van der Waals surface area contributed by atoms with Gasteiger partial charge in [-0.1, -0.05) is 40.0 Å². The van der Waals surface area contributed by atoms with Crippen molar-refractivity contribution in [3.8, 4) is 0 Å². The van der Waals surface area contributed by atoms with E-state index in [1.54, 1.807) is 0 Å². The maximum atomic E-state index is 9.56. The summed E-state index contributed by atoms with van der Waals surface area (Å²) in [5.74, 6) is 0.708. The van der Waals surface area contributed by atoms with E-state index in [0.29, 0.717) is 25.7 Å². The van der Waals surface area contributed by atoms with Crippen molar-refractivity contribution >= 4 is 0 Å². The third-order valence-electron chi connectivity index (χ3n) is 3.91. The van der Waals surface area contributed by atoms with Gasteiger partial charge in [0.25, 0.3) is 0 Å². The van der Waals surface area contributed by atoms with Gasteiger partial charge in [-0.3, -0.25) is 0 Å². The third kappa shape index (κ3) is 8.20. The van der Waals surface area contributed by atoms with Crippen molar-refractivity contribution in [2.45, 2.75) is 59.0 Å². The van der Waals surface area contributed by atoms with E-state index in [-0.39, 0.29) is 25.2 Å². The van der Waals surface area contributed by atoms with Crippen LogP contribution in [0.2, 0.25) is 0 Å². The van der Waals surface area contributed by atoms with Gasteiger partial charge in [0.05, 0.1) is 32.5 Å². The first-order valence-corrected chi connectivity index (χ1v) is 8.16. The number of ether oxygens (including phenoxy) is 2. The molecule has 0 heterocycles. The molecule has 2 N–H and O–H groups in total. The molecule has 0 saturated heterocycles. The Hall–Kier alpha value is -0.160. The molecule has 0 aromatic heterocycles. The Morgan fingerprint density at radius 3 is 2.10 bits per heavy atom. The van der Waals surface area contributed by atoms with Gasteiger partial charge in [0.2, 0.25) is 0 Å². The standard InChI is InChI=1S/C16H34O4/c1-4-7-8-14(5-2)16(15(6-3)13-18)20-12-11-19-10-9-17/h14-18H,4-13H2,1-3H3. The summed E-state index contributed by atoms with van der Waals surface area (Å²) in [6.45, 7) is 8.13. The summed E-state index contributed by atoms with van der Waals surface area (Å²) in [5.41, 5.74) is 0. The van der Waals surface area contributed by atoms with E-state index in [9.17, 15) is 5.11 Å². The van der Waals surface area contributed by atoms with E-state index >= 15 is 0 Å². The molecule has 0 aromatic rings. The van der Waals surface area contributed by atoms with E-state index in [1.165, 1.54) is 12.8 Å². The summed E-state index contributed by atoms with van der Waals surface area (Å²) in [4.78, 5) is 0. The lowest BCUT2D eigenvalue weighted by Gasteiger charge is -2.32. The van der Waals surface area contributed by atoms with Crippen LogP contribution in [0.4, 0.5) is 0 Å². The SMILES string of the molecule is CCCCC(CC)C(OCCOCCO)C(CC)CO. The molecular weight excluding hydrogens is 256 g/mol. The van der Waals surface area contributed by atoms with Crippen molar-refractivity contribution in [1.29, 1.82) is 0 Å². The van der Waals surface area contributed by atoms with Gasteiger partial charge in [0, 0.05) is 12.5 Å². The van der Waals surface area contributed by atoms with Gasteiger partial charge in [0.15, 0.2) is 0 Å². The molecule has 0 aliphatic heterocycles. The van der Waals surface area contributed by atoms with Crippen molar-refractivity contribution in [1.82, 2.24) is 0 Å². The summed E-state index contributed by atoms with van der Waals surface area (Å²) in [6.07, 6.45) is 5.69. The third-order valence-corrected chi connectivity index (χ3v) is 3.91. The zero-order chi connectivity index (χ0) is 15.2. The van der Waals surface area contributed by atoms with Crippen molar-refractivity contribution in [3.63, 3.8) is 0 Å². The molecule has 0 bridgehead atoms. The minimum Gasteiger partial charge on any atom is -0.396 e. The number of hydrogen-bond acceptors (Lipinski definition) is 4. The summed E-state index contributed by atoms with van der Waals surface area (Å²) in [5, 5.41) is 18.2. The minimum atomic E-state index is 0.0474. The predicted molar refractivity (Wildman–Crippen MR) is 81.8 cm³/mol. The zero-order valence-corrected chi connectivity index (χ0v) is 13.5. The molecule has 20 heavy (non-hydrogen) atoms. The second kappa shape index (κ2) is 13.8. The highest BCUT2D eigenvalue weighted by molar-refractivity contribution is 4.76. The monoisotopic (exact) mass is 290 g/mol. The van der Waals surface area contributed by atoms with Crippen molar-refractivity contribution in [3.05, 3.63) is 0 Å². The van der Waals surface area contributed by atoms with Crippen molar-refractivity contribution in [2.24, 2.45) is 11.8 Å². The molecular formula is C16H34O4. The highest BCUT2D eigenvalue weighted by Gasteiger charge is 2.27. The molecule has 0 fully saturated rings. The molecule has 0 rings (SSSR count). The Labute approximate surface area is 124 Å². The Morgan fingerprint density at radius 2 is 1.60 bits per heavy atom. The summed E-state index contributed by atoms with van der Waals surface area (Å²) in [7, 11) is 0. The molecule has 4 heteroatoms. The first-order valence-electron chi connectivity index (χ1n) is 8.16. The van der Waals surface area contributed by atoms with E-state index < -0.39 is 0 Å². The second-order valence-electron chi connectivity index (χ2n) is 5.33. The smallest absolute Gasteiger partial charge is 0.0704 e. The average Bonchev–Trinajstić information content (AvgIpc) is 2.48. The molecule has 0 amide bonds. The average molecular weight is 290 g/mol. The van der Waals surface area contributed by atoms with Gasteiger partial charge in [-0.05, 0) is 18.8 Å². The maximum Gasteiger partial charge on any atom is 0.0704 e.